The molecule has 3 aromatic rings. The average Bonchev–Trinajstić information content (AvgIpc) is 3.51. The van der Waals surface area contributed by atoms with Crippen molar-refractivity contribution in [3.05, 3.63) is 83.9 Å². The molecule has 1 unspecified atom stereocenters. The molecule has 0 radical (unpaired) electrons. The van der Waals surface area contributed by atoms with Crippen LogP contribution in [0.1, 0.15) is 49.4 Å². The SMILES string of the molecule is CCCC(O)C1(c2ccccc2)CCN(C(=O)[C@@H](Cc2ccc(OC)cc2)NC(=O)[C@@H]2Cc3cncn3C(=O)N2)CC1. The van der Waals surface area contributed by atoms with Gasteiger partial charge in [-0.15, -0.1) is 0 Å². The summed E-state index contributed by atoms with van der Waals surface area (Å²) < 4.78 is 6.65. The van der Waals surface area contributed by atoms with Gasteiger partial charge in [-0.1, -0.05) is 55.8 Å². The zero-order chi connectivity index (χ0) is 29.7. The topological polar surface area (TPSA) is 126 Å². The van der Waals surface area contributed by atoms with Gasteiger partial charge in [0, 0.05) is 43.2 Å². The quantitative estimate of drug-likeness (QED) is 0.343. The molecular formula is C32H39N5O5. The fourth-order valence-corrected chi connectivity index (χ4v) is 6.24. The van der Waals surface area contributed by atoms with E-state index in [2.05, 4.69) is 34.7 Å². The number of nitrogens with one attached hydrogen (secondary N) is 2. The number of methoxy groups -OCH3 is 1. The van der Waals surface area contributed by atoms with E-state index in [4.69, 9.17) is 4.74 Å². The number of hydrogen-bond acceptors (Lipinski definition) is 6. The minimum atomic E-state index is -0.834. The van der Waals surface area contributed by atoms with Crippen LogP contribution in [0.4, 0.5) is 4.79 Å². The summed E-state index contributed by atoms with van der Waals surface area (Å²) in [4.78, 5) is 45.8. The number of carbonyl (C=O) groups excluding carboxylic acids is 3. The molecule has 3 N–H and O–H groups in total. The van der Waals surface area contributed by atoms with Crippen LogP contribution in [0.25, 0.3) is 0 Å². The zero-order valence-corrected chi connectivity index (χ0v) is 24.2. The van der Waals surface area contributed by atoms with Gasteiger partial charge in [-0.25, -0.2) is 9.78 Å². The number of hydrogen-bond donors (Lipinski definition) is 3. The summed E-state index contributed by atoms with van der Waals surface area (Å²) in [6.07, 6.45) is 5.83. The van der Waals surface area contributed by atoms with Gasteiger partial charge in [0.05, 0.1) is 13.2 Å². The van der Waals surface area contributed by atoms with Crippen molar-refractivity contribution < 1.29 is 24.2 Å². The van der Waals surface area contributed by atoms with E-state index in [-0.39, 0.29) is 18.7 Å². The van der Waals surface area contributed by atoms with Crippen molar-refractivity contribution in [1.82, 2.24) is 25.1 Å². The Morgan fingerprint density at radius 1 is 1.14 bits per heavy atom. The summed E-state index contributed by atoms with van der Waals surface area (Å²) in [5.74, 6) is 0.0979. The van der Waals surface area contributed by atoms with Gasteiger partial charge < -0.3 is 25.4 Å². The van der Waals surface area contributed by atoms with E-state index in [1.54, 1.807) is 18.2 Å². The Morgan fingerprint density at radius 3 is 2.52 bits per heavy atom. The molecule has 42 heavy (non-hydrogen) atoms. The molecule has 1 saturated heterocycles. The lowest BCUT2D eigenvalue weighted by Gasteiger charge is -2.46. The Kier molecular flexibility index (Phi) is 8.91. The number of imidazole rings is 1. The fraction of sp³-hybridized carbons (Fsp3) is 0.438. The third-order valence-corrected chi connectivity index (χ3v) is 8.69. The van der Waals surface area contributed by atoms with Crippen molar-refractivity contribution in [1.29, 1.82) is 0 Å². The summed E-state index contributed by atoms with van der Waals surface area (Å²) >= 11 is 0. The molecule has 3 heterocycles. The van der Waals surface area contributed by atoms with E-state index in [0.29, 0.717) is 43.8 Å². The summed E-state index contributed by atoms with van der Waals surface area (Å²) in [5, 5.41) is 16.9. The molecule has 2 aliphatic rings. The Balaban J connectivity index is 1.34. The maximum atomic E-state index is 14.0. The lowest BCUT2D eigenvalue weighted by molar-refractivity contribution is -0.139. The van der Waals surface area contributed by atoms with Gasteiger partial charge in [-0.2, -0.15) is 0 Å². The largest absolute Gasteiger partial charge is 0.497 e. The first-order valence-corrected chi connectivity index (χ1v) is 14.6. The van der Waals surface area contributed by atoms with E-state index in [0.717, 1.165) is 17.5 Å². The van der Waals surface area contributed by atoms with Crippen molar-refractivity contribution in [3.8, 4) is 5.75 Å². The second kappa shape index (κ2) is 12.8. The van der Waals surface area contributed by atoms with Gasteiger partial charge in [0.1, 0.15) is 24.2 Å². The Hall–Kier alpha value is -4.18. The number of likely N-dealkylation sites (tertiary alicyclic amines) is 1. The number of aromatic nitrogens is 2. The maximum absolute atomic E-state index is 14.0. The number of piperidine rings is 1. The van der Waals surface area contributed by atoms with Crippen LogP contribution in [-0.2, 0) is 27.8 Å². The van der Waals surface area contributed by atoms with E-state index >= 15 is 0 Å². The summed E-state index contributed by atoms with van der Waals surface area (Å²) in [6, 6.07) is 15.4. The number of ether oxygens (including phenoxy) is 1. The molecule has 2 aromatic carbocycles. The van der Waals surface area contributed by atoms with Crippen LogP contribution < -0.4 is 15.4 Å². The molecule has 1 fully saturated rings. The molecule has 5 rings (SSSR count). The third-order valence-electron chi connectivity index (χ3n) is 8.69. The van der Waals surface area contributed by atoms with E-state index < -0.39 is 35.5 Å². The first-order chi connectivity index (χ1) is 20.3. The third kappa shape index (κ3) is 6.04. The number of amides is 3. The highest BCUT2D eigenvalue weighted by atomic mass is 16.5. The number of benzene rings is 2. The fourth-order valence-electron chi connectivity index (χ4n) is 6.24. The Bertz CT molecular complexity index is 1380. The molecule has 1 aromatic heterocycles. The number of fused-ring (bicyclic) bond motifs is 1. The normalized spacial score (nSPS) is 19.3. The summed E-state index contributed by atoms with van der Waals surface area (Å²) in [6.45, 7) is 2.99. The van der Waals surface area contributed by atoms with Gasteiger partial charge >= 0.3 is 6.03 Å². The van der Waals surface area contributed by atoms with E-state index in [9.17, 15) is 19.5 Å². The highest BCUT2D eigenvalue weighted by Gasteiger charge is 2.43. The van der Waals surface area contributed by atoms with E-state index in [1.165, 1.54) is 10.9 Å². The van der Waals surface area contributed by atoms with Crippen molar-refractivity contribution >= 4 is 17.8 Å². The number of carbonyl (C=O) groups is 3. The lowest BCUT2D eigenvalue weighted by Crippen LogP contribution is -2.59. The molecule has 0 spiro atoms. The average molecular weight is 574 g/mol. The van der Waals surface area contributed by atoms with Gasteiger partial charge in [-0.3, -0.25) is 14.2 Å². The molecule has 0 bridgehead atoms. The van der Waals surface area contributed by atoms with Crippen LogP contribution in [0, 0.1) is 0 Å². The Labute approximate surface area is 246 Å². The Morgan fingerprint density at radius 2 is 1.86 bits per heavy atom. The summed E-state index contributed by atoms with van der Waals surface area (Å²) in [5.41, 5.74) is 2.16. The molecule has 222 valence electrons. The number of aliphatic hydroxyl groups is 1. The molecule has 10 heteroatoms. The van der Waals surface area contributed by atoms with Crippen LogP contribution in [0.3, 0.4) is 0 Å². The minimum absolute atomic E-state index is 0.182. The minimum Gasteiger partial charge on any atom is -0.497 e. The van der Waals surface area contributed by atoms with Crippen LogP contribution in [-0.4, -0.2) is 75.8 Å². The van der Waals surface area contributed by atoms with Crippen LogP contribution in [0.15, 0.2) is 67.1 Å². The van der Waals surface area contributed by atoms with Gasteiger partial charge in [0.15, 0.2) is 0 Å². The molecule has 3 atom stereocenters. The van der Waals surface area contributed by atoms with Crippen LogP contribution in [0.5, 0.6) is 5.75 Å². The van der Waals surface area contributed by atoms with Crippen molar-refractivity contribution in [2.45, 2.75) is 69.1 Å². The van der Waals surface area contributed by atoms with E-state index in [1.807, 2.05) is 42.5 Å². The number of aliphatic hydroxyl groups excluding tert-OH is 1. The van der Waals surface area contributed by atoms with Gasteiger partial charge in [-0.05, 0) is 42.5 Å². The molecule has 3 amide bonds. The zero-order valence-electron chi connectivity index (χ0n) is 24.2. The van der Waals surface area contributed by atoms with Crippen LogP contribution in [0.2, 0.25) is 0 Å². The molecule has 10 nitrogen and oxygen atoms in total. The van der Waals surface area contributed by atoms with Crippen molar-refractivity contribution in [3.63, 3.8) is 0 Å². The predicted molar refractivity (Wildman–Crippen MR) is 157 cm³/mol. The monoisotopic (exact) mass is 573 g/mol. The summed E-state index contributed by atoms with van der Waals surface area (Å²) in [7, 11) is 1.59. The molecule has 0 aliphatic carbocycles. The second-order valence-electron chi connectivity index (χ2n) is 11.2. The van der Waals surface area contributed by atoms with Crippen molar-refractivity contribution in [2.24, 2.45) is 0 Å². The van der Waals surface area contributed by atoms with Gasteiger partial charge in [0.25, 0.3) is 0 Å². The van der Waals surface area contributed by atoms with Gasteiger partial charge in [0.2, 0.25) is 11.8 Å². The highest BCUT2D eigenvalue weighted by molar-refractivity contribution is 5.93. The molecular weight excluding hydrogens is 534 g/mol. The first-order valence-electron chi connectivity index (χ1n) is 14.6. The predicted octanol–water partition coefficient (Wildman–Crippen LogP) is 2.82. The lowest BCUT2D eigenvalue weighted by atomic mass is 9.67. The standard InChI is InChI=1S/C32H39N5O5/c1-3-7-28(38)32(23-8-5-4-6-9-23)14-16-36(17-15-32)30(40)27(18-22-10-12-25(42-2)13-11-22)34-29(39)26-19-24-20-33-21-37(24)31(41)35-26/h4-6,8-13,20-21,26-28,38H,3,7,14-19H2,1-2H3,(H,34,39)(H,35,41)/t26-,27+,28?/m0/s1. The molecule has 2 aliphatic heterocycles. The maximum Gasteiger partial charge on any atom is 0.327 e. The molecule has 0 saturated carbocycles. The number of rotatable bonds is 10. The van der Waals surface area contributed by atoms with Crippen LogP contribution >= 0.6 is 0 Å². The number of nitrogens with zero attached hydrogens (tertiary/aromatic N) is 3. The second-order valence-corrected chi connectivity index (χ2v) is 11.2. The van der Waals surface area contributed by atoms with Crippen molar-refractivity contribution in [2.75, 3.05) is 20.2 Å². The first kappa shape index (κ1) is 29.3. The smallest absolute Gasteiger partial charge is 0.327 e. The highest BCUT2D eigenvalue weighted by Crippen LogP contribution is 2.40.